The van der Waals surface area contributed by atoms with Crippen molar-refractivity contribution < 1.29 is 14.1 Å². The Morgan fingerprint density at radius 2 is 1.81 bits per heavy atom. The van der Waals surface area contributed by atoms with Crippen molar-refractivity contribution in [1.29, 1.82) is 0 Å². The summed E-state index contributed by atoms with van der Waals surface area (Å²) in [5, 5.41) is 16.6. The zero-order valence-corrected chi connectivity index (χ0v) is 17.1. The van der Waals surface area contributed by atoms with Gasteiger partial charge in [0, 0.05) is 17.3 Å². The minimum Gasteiger partial charge on any atom is -0.436 e. The van der Waals surface area contributed by atoms with E-state index in [1.165, 1.54) is 18.2 Å². The molecule has 0 bridgehead atoms. The lowest BCUT2D eigenvalue weighted by atomic mass is 10.1. The number of hydrogen-bond donors (Lipinski definition) is 2. The van der Waals surface area contributed by atoms with Gasteiger partial charge in [-0.25, -0.2) is 4.98 Å². The van der Waals surface area contributed by atoms with Gasteiger partial charge in [0.2, 0.25) is 5.89 Å². The van der Waals surface area contributed by atoms with E-state index in [1.807, 2.05) is 43.3 Å². The smallest absolute Gasteiger partial charge is 0.282 e. The van der Waals surface area contributed by atoms with Crippen molar-refractivity contribution in [3.8, 4) is 11.5 Å². The fourth-order valence-corrected chi connectivity index (χ4v) is 3.34. The van der Waals surface area contributed by atoms with Crippen LogP contribution in [-0.2, 0) is 0 Å². The number of oxazole rings is 1. The predicted molar refractivity (Wildman–Crippen MR) is 121 cm³/mol. The zero-order chi connectivity index (χ0) is 22.0. The third-order valence-corrected chi connectivity index (χ3v) is 4.88. The molecule has 154 valence electrons. The lowest BCUT2D eigenvalue weighted by Gasteiger charge is -2.13. The lowest BCUT2D eigenvalue weighted by molar-refractivity contribution is -0.385. The SMILES string of the molecule is Cc1c(NC(=S)NC(=O)c2ccccc2[N+](=O)[O-])cccc1-c1nc2ccccc2o1. The monoisotopic (exact) mass is 432 g/mol. The van der Waals surface area contributed by atoms with Crippen molar-refractivity contribution >= 4 is 45.7 Å². The third-order valence-electron chi connectivity index (χ3n) is 4.68. The van der Waals surface area contributed by atoms with Crippen LogP contribution in [0.1, 0.15) is 15.9 Å². The van der Waals surface area contributed by atoms with Gasteiger partial charge in [-0.05, 0) is 55.0 Å². The molecule has 0 atom stereocenters. The molecule has 0 aliphatic heterocycles. The first-order valence-corrected chi connectivity index (χ1v) is 9.66. The van der Waals surface area contributed by atoms with Crippen LogP contribution in [0.5, 0.6) is 0 Å². The molecule has 1 aromatic heterocycles. The summed E-state index contributed by atoms with van der Waals surface area (Å²) in [5.41, 5.74) is 3.30. The van der Waals surface area contributed by atoms with Gasteiger partial charge in [0.05, 0.1) is 4.92 Å². The molecule has 31 heavy (non-hydrogen) atoms. The first-order valence-electron chi connectivity index (χ1n) is 9.25. The number of fused-ring (bicyclic) bond motifs is 1. The number of thiocarbonyl (C=S) groups is 1. The maximum atomic E-state index is 12.5. The summed E-state index contributed by atoms with van der Waals surface area (Å²) in [6.07, 6.45) is 0. The molecule has 1 heterocycles. The normalized spacial score (nSPS) is 10.6. The van der Waals surface area contributed by atoms with Crippen molar-refractivity contribution in [2.24, 2.45) is 0 Å². The number of amides is 1. The quantitative estimate of drug-likeness (QED) is 0.270. The Hall–Kier alpha value is -4.11. The van der Waals surface area contributed by atoms with Gasteiger partial charge in [-0.15, -0.1) is 0 Å². The number of nitrogens with one attached hydrogen (secondary N) is 2. The molecular formula is C22H16N4O4S. The number of aromatic nitrogens is 1. The number of nitro benzene ring substituents is 1. The van der Waals surface area contributed by atoms with Gasteiger partial charge < -0.3 is 9.73 Å². The predicted octanol–water partition coefficient (Wildman–Crippen LogP) is 4.84. The lowest BCUT2D eigenvalue weighted by Crippen LogP contribution is -2.34. The highest BCUT2D eigenvalue weighted by molar-refractivity contribution is 7.80. The van der Waals surface area contributed by atoms with Crippen LogP contribution in [0.15, 0.2) is 71.1 Å². The maximum Gasteiger partial charge on any atom is 0.282 e. The first-order chi connectivity index (χ1) is 14.9. The molecule has 0 saturated carbocycles. The van der Waals surface area contributed by atoms with Crippen LogP contribution in [0, 0.1) is 17.0 Å². The average Bonchev–Trinajstić information content (AvgIpc) is 3.19. The summed E-state index contributed by atoms with van der Waals surface area (Å²) >= 11 is 5.24. The van der Waals surface area contributed by atoms with Crippen molar-refractivity contribution in [1.82, 2.24) is 10.3 Å². The number of nitrogens with zero attached hydrogens (tertiary/aromatic N) is 2. The molecule has 9 heteroatoms. The highest BCUT2D eigenvalue weighted by Crippen LogP contribution is 2.30. The van der Waals surface area contributed by atoms with Gasteiger partial charge in [-0.2, -0.15) is 0 Å². The van der Waals surface area contributed by atoms with E-state index in [0.29, 0.717) is 17.2 Å². The summed E-state index contributed by atoms with van der Waals surface area (Å²) in [5.74, 6) is -0.199. The highest BCUT2D eigenvalue weighted by Gasteiger charge is 2.20. The van der Waals surface area contributed by atoms with Gasteiger partial charge in [-0.3, -0.25) is 20.2 Å². The topological polar surface area (TPSA) is 110 Å². The van der Waals surface area contributed by atoms with Gasteiger partial charge in [-0.1, -0.05) is 30.3 Å². The van der Waals surface area contributed by atoms with Gasteiger partial charge >= 0.3 is 0 Å². The van der Waals surface area contributed by atoms with Crippen molar-refractivity contribution in [2.75, 3.05) is 5.32 Å². The molecule has 0 spiro atoms. The number of hydrogen-bond acceptors (Lipinski definition) is 6. The van der Waals surface area contributed by atoms with Crippen molar-refractivity contribution in [3.63, 3.8) is 0 Å². The second-order valence-corrected chi connectivity index (χ2v) is 7.06. The number of nitro groups is 1. The Morgan fingerprint density at radius 3 is 2.58 bits per heavy atom. The van der Waals surface area contributed by atoms with E-state index in [0.717, 1.165) is 16.6 Å². The van der Waals surface area contributed by atoms with Crippen LogP contribution in [0.4, 0.5) is 11.4 Å². The van der Waals surface area contributed by atoms with E-state index in [2.05, 4.69) is 15.6 Å². The van der Waals surface area contributed by atoms with Crippen LogP contribution < -0.4 is 10.6 Å². The van der Waals surface area contributed by atoms with Crippen LogP contribution in [-0.4, -0.2) is 20.9 Å². The first kappa shape index (κ1) is 20.2. The van der Waals surface area contributed by atoms with Crippen molar-refractivity contribution in [2.45, 2.75) is 6.92 Å². The Balaban J connectivity index is 1.55. The number of rotatable bonds is 4. The molecule has 0 fully saturated rings. The van der Waals surface area contributed by atoms with Gasteiger partial charge in [0.1, 0.15) is 11.1 Å². The molecule has 4 rings (SSSR count). The maximum absolute atomic E-state index is 12.5. The van der Waals surface area contributed by atoms with E-state index >= 15 is 0 Å². The minimum absolute atomic E-state index is 0.0148. The van der Waals surface area contributed by atoms with Crippen LogP contribution in [0.2, 0.25) is 0 Å². The van der Waals surface area contributed by atoms with Crippen LogP contribution in [0.25, 0.3) is 22.6 Å². The van der Waals surface area contributed by atoms with E-state index in [-0.39, 0.29) is 16.4 Å². The molecule has 2 N–H and O–H groups in total. The molecule has 0 unspecified atom stereocenters. The molecule has 0 radical (unpaired) electrons. The van der Waals surface area contributed by atoms with Crippen LogP contribution in [0.3, 0.4) is 0 Å². The highest BCUT2D eigenvalue weighted by atomic mass is 32.1. The number of benzene rings is 3. The standard InChI is InChI=1S/C22H16N4O4S/c1-13-14(21-23-17-9-3-5-12-19(17)30-21)8-6-10-16(13)24-22(31)25-20(27)15-7-2-4-11-18(15)26(28)29/h2-12H,1H3,(H2,24,25,27,31). The second-order valence-electron chi connectivity index (χ2n) is 6.65. The molecular weight excluding hydrogens is 416 g/mol. The summed E-state index contributed by atoms with van der Waals surface area (Å²) in [6, 6.07) is 18.6. The molecule has 4 aromatic rings. The Bertz CT molecular complexity index is 1300. The van der Waals surface area contributed by atoms with E-state index < -0.39 is 10.8 Å². The zero-order valence-electron chi connectivity index (χ0n) is 16.3. The minimum atomic E-state index is -0.669. The average molecular weight is 432 g/mol. The van der Waals surface area contributed by atoms with Crippen LogP contribution >= 0.6 is 12.2 Å². The van der Waals surface area contributed by atoms with Gasteiger partial charge in [0.15, 0.2) is 10.7 Å². The third kappa shape index (κ3) is 4.12. The van der Waals surface area contributed by atoms with E-state index in [1.54, 1.807) is 12.1 Å². The van der Waals surface area contributed by atoms with Crippen molar-refractivity contribution in [3.05, 3.63) is 88.0 Å². The summed E-state index contributed by atoms with van der Waals surface area (Å²) < 4.78 is 5.85. The number of anilines is 1. The second kappa shape index (κ2) is 8.33. The molecule has 1 amide bonds. The summed E-state index contributed by atoms with van der Waals surface area (Å²) in [7, 11) is 0. The Kier molecular flexibility index (Phi) is 5.42. The fraction of sp³-hybridized carbons (Fsp3) is 0.0455. The molecule has 8 nitrogen and oxygen atoms in total. The number of carbonyl (C=O) groups is 1. The molecule has 0 aliphatic carbocycles. The van der Waals surface area contributed by atoms with Gasteiger partial charge in [0.25, 0.3) is 11.6 Å². The molecule has 0 aliphatic rings. The summed E-state index contributed by atoms with van der Waals surface area (Å²) in [4.78, 5) is 27.5. The van der Waals surface area contributed by atoms with E-state index in [9.17, 15) is 14.9 Å². The number of para-hydroxylation sites is 3. The van der Waals surface area contributed by atoms with E-state index in [4.69, 9.17) is 16.6 Å². The fourth-order valence-electron chi connectivity index (χ4n) is 3.14. The molecule has 0 saturated heterocycles. The molecule has 3 aromatic carbocycles. The Labute approximate surface area is 182 Å². The largest absolute Gasteiger partial charge is 0.436 e. The summed E-state index contributed by atoms with van der Waals surface area (Å²) in [6.45, 7) is 1.87. The number of carbonyl (C=O) groups excluding carboxylic acids is 1. The Morgan fingerprint density at radius 1 is 1.06 bits per heavy atom.